The first-order valence-electron chi connectivity index (χ1n) is 11.6. The zero-order valence-corrected chi connectivity index (χ0v) is 18.9. The van der Waals surface area contributed by atoms with Gasteiger partial charge in [-0.1, -0.05) is 30.3 Å². The van der Waals surface area contributed by atoms with Gasteiger partial charge < -0.3 is 10.2 Å². The average Bonchev–Trinajstić information content (AvgIpc) is 3.14. The van der Waals surface area contributed by atoms with Crippen LogP contribution >= 0.6 is 0 Å². The molecular formula is C27H27FN4O2. The summed E-state index contributed by atoms with van der Waals surface area (Å²) in [5.41, 5.74) is 3.26. The highest BCUT2D eigenvalue weighted by atomic mass is 19.1. The molecular weight excluding hydrogens is 431 g/mol. The van der Waals surface area contributed by atoms with Crippen molar-refractivity contribution in [2.45, 2.75) is 37.9 Å². The molecule has 2 atom stereocenters. The summed E-state index contributed by atoms with van der Waals surface area (Å²) in [6.07, 6.45) is 5.33. The predicted octanol–water partition coefficient (Wildman–Crippen LogP) is 3.57. The van der Waals surface area contributed by atoms with Crippen molar-refractivity contribution in [2.75, 3.05) is 18.0 Å². The first-order chi connectivity index (χ1) is 16.6. The normalized spacial score (nSPS) is 19.7. The number of para-hydroxylation sites is 1. The number of hydrogen-bond acceptors (Lipinski definition) is 4. The van der Waals surface area contributed by atoms with E-state index in [9.17, 15) is 14.0 Å². The minimum Gasteiger partial charge on any atom is -0.354 e. The van der Waals surface area contributed by atoms with Crippen molar-refractivity contribution < 1.29 is 14.0 Å². The number of fused-ring (bicyclic) bond motifs is 2. The summed E-state index contributed by atoms with van der Waals surface area (Å²) in [5.74, 6) is -0.496. The first kappa shape index (κ1) is 22.2. The van der Waals surface area contributed by atoms with Crippen LogP contribution < -0.4 is 10.2 Å². The molecule has 2 aliphatic heterocycles. The van der Waals surface area contributed by atoms with Crippen LogP contribution in [0.25, 0.3) is 0 Å². The van der Waals surface area contributed by atoms with Gasteiger partial charge in [-0.2, -0.15) is 0 Å². The smallest absolute Gasteiger partial charge is 0.259 e. The number of rotatable bonds is 5. The maximum absolute atomic E-state index is 13.4. The molecule has 2 aliphatic rings. The average molecular weight is 459 g/mol. The lowest BCUT2D eigenvalue weighted by atomic mass is 10.1. The van der Waals surface area contributed by atoms with Crippen molar-refractivity contribution in [1.82, 2.24) is 15.2 Å². The number of anilines is 1. The molecule has 34 heavy (non-hydrogen) atoms. The van der Waals surface area contributed by atoms with Gasteiger partial charge in [0.25, 0.3) is 5.91 Å². The van der Waals surface area contributed by atoms with Crippen LogP contribution in [0.1, 0.15) is 34.3 Å². The molecule has 7 heteroatoms. The summed E-state index contributed by atoms with van der Waals surface area (Å²) in [5, 5.41) is 3.04. The Kier molecular flexibility index (Phi) is 6.36. The van der Waals surface area contributed by atoms with Gasteiger partial charge in [-0.25, -0.2) is 4.39 Å². The molecule has 3 heterocycles. The van der Waals surface area contributed by atoms with Gasteiger partial charge in [0, 0.05) is 49.8 Å². The standard InChI is InChI=1S/C27H27FN4O2/c28-22-8-3-5-19(13-22)14-26(33)30-16-23-10-11-24-18-32(27(34)20-7-4-12-29-15-20)25-9-2-1-6-21(25)17-31(23)24/h1-9,12-13,15,23-24H,10-11,14,16-18H2,(H,30,33)/t23-,24+/m0/s1. The number of carbonyl (C=O) groups is 2. The molecule has 2 aromatic carbocycles. The van der Waals surface area contributed by atoms with Crippen molar-refractivity contribution in [1.29, 1.82) is 0 Å². The Balaban J connectivity index is 1.30. The third-order valence-electron chi connectivity index (χ3n) is 6.74. The van der Waals surface area contributed by atoms with Gasteiger partial charge in [0.15, 0.2) is 0 Å². The fraction of sp³-hybridized carbons (Fsp3) is 0.296. The highest BCUT2D eigenvalue weighted by Crippen LogP contribution is 2.35. The van der Waals surface area contributed by atoms with E-state index in [0.717, 1.165) is 30.6 Å². The Morgan fingerprint density at radius 1 is 1.06 bits per heavy atom. The van der Waals surface area contributed by atoms with Gasteiger partial charge in [0.05, 0.1) is 12.0 Å². The zero-order valence-electron chi connectivity index (χ0n) is 18.9. The second kappa shape index (κ2) is 9.73. The Bertz CT molecular complexity index is 1190. The van der Waals surface area contributed by atoms with Crippen LogP contribution in [0.15, 0.2) is 73.1 Å². The summed E-state index contributed by atoms with van der Waals surface area (Å²) >= 11 is 0. The number of benzene rings is 2. The van der Waals surface area contributed by atoms with E-state index in [-0.39, 0.29) is 36.1 Å². The molecule has 1 saturated heterocycles. The summed E-state index contributed by atoms with van der Waals surface area (Å²) in [6, 6.07) is 18.1. The molecule has 6 nitrogen and oxygen atoms in total. The summed E-state index contributed by atoms with van der Waals surface area (Å²) < 4.78 is 13.4. The van der Waals surface area contributed by atoms with Gasteiger partial charge >= 0.3 is 0 Å². The van der Waals surface area contributed by atoms with Crippen molar-refractivity contribution in [3.63, 3.8) is 0 Å². The second-order valence-corrected chi connectivity index (χ2v) is 8.95. The number of nitrogens with one attached hydrogen (secondary N) is 1. The van der Waals surface area contributed by atoms with Crippen LogP contribution in [0.4, 0.5) is 10.1 Å². The number of nitrogens with zero attached hydrogens (tertiary/aromatic N) is 3. The Hall–Kier alpha value is -3.58. The van der Waals surface area contributed by atoms with Gasteiger partial charge in [-0.3, -0.25) is 19.5 Å². The van der Waals surface area contributed by atoms with Crippen LogP contribution in [0, 0.1) is 5.82 Å². The van der Waals surface area contributed by atoms with Crippen molar-refractivity contribution in [3.8, 4) is 0 Å². The number of halogens is 1. The Labute approximate surface area is 198 Å². The molecule has 0 saturated carbocycles. The molecule has 0 unspecified atom stereocenters. The van der Waals surface area contributed by atoms with Crippen LogP contribution in [-0.2, 0) is 17.8 Å². The van der Waals surface area contributed by atoms with Crippen LogP contribution in [0.2, 0.25) is 0 Å². The lowest BCUT2D eigenvalue weighted by Gasteiger charge is -2.29. The summed E-state index contributed by atoms with van der Waals surface area (Å²) in [4.78, 5) is 34.3. The van der Waals surface area contributed by atoms with E-state index in [1.807, 2.05) is 23.1 Å². The first-order valence-corrected chi connectivity index (χ1v) is 11.6. The minimum atomic E-state index is -0.336. The highest BCUT2D eigenvalue weighted by Gasteiger charge is 2.39. The van der Waals surface area contributed by atoms with E-state index in [2.05, 4.69) is 21.3 Å². The fourth-order valence-corrected chi connectivity index (χ4v) is 5.07. The molecule has 1 fully saturated rings. The molecule has 2 amide bonds. The molecule has 174 valence electrons. The third-order valence-corrected chi connectivity index (χ3v) is 6.74. The van der Waals surface area contributed by atoms with Crippen LogP contribution in [-0.4, -0.2) is 46.9 Å². The van der Waals surface area contributed by atoms with E-state index >= 15 is 0 Å². The van der Waals surface area contributed by atoms with E-state index in [0.29, 0.717) is 24.2 Å². The van der Waals surface area contributed by atoms with E-state index < -0.39 is 0 Å². The second-order valence-electron chi connectivity index (χ2n) is 8.95. The van der Waals surface area contributed by atoms with E-state index in [1.165, 1.54) is 12.1 Å². The third kappa shape index (κ3) is 4.70. The number of pyridine rings is 1. The largest absolute Gasteiger partial charge is 0.354 e. The van der Waals surface area contributed by atoms with Gasteiger partial charge in [-0.05, 0) is 54.3 Å². The number of carbonyl (C=O) groups excluding carboxylic acids is 2. The number of hydrogen-bond donors (Lipinski definition) is 1. The molecule has 0 spiro atoms. The minimum absolute atomic E-state index is 0.0470. The molecule has 5 rings (SSSR count). The summed E-state index contributed by atoms with van der Waals surface area (Å²) in [7, 11) is 0. The quantitative estimate of drug-likeness (QED) is 0.635. The van der Waals surface area contributed by atoms with E-state index in [4.69, 9.17) is 0 Å². The number of amides is 2. The maximum Gasteiger partial charge on any atom is 0.259 e. The Morgan fingerprint density at radius 3 is 2.76 bits per heavy atom. The van der Waals surface area contributed by atoms with Crippen molar-refractivity contribution in [2.24, 2.45) is 0 Å². The molecule has 0 radical (unpaired) electrons. The molecule has 3 aromatic rings. The van der Waals surface area contributed by atoms with Crippen molar-refractivity contribution >= 4 is 17.5 Å². The van der Waals surface area contributed by atoms with Gasteiger partial charge in [0.1, 0.15) is 5.82 Å². The SMILES string of the molecule is O=C(Cc1cccc(F)c1)NC[C@@H]1CC[C@@H]2CN(C(=O)c3cccnc3)c3ccccc3CN21. The van der Waals surface area contributed by atoms with Gasteiger partial charge in [0.2, 0.25) is 5.91 Å². The highest BCUT2D eigenvalue weighted by molar-refractivity contribution is 6.06. The lowest BCUT2D eigenvalue weighted by Crippen LogP contribution is -2.46. The Morgan fingerprint density at radius 2 is 1.94 bits per heavy atom. The maximum atomic E-state index is 13.4. The molecule has 1 N–H and O–H groups in total. The van der Waals surface area contributed by atoms with Crippen LogP contribution in [0.3, 0.4) is 0 Å². The van der Waals surface area contributed by atoms with Crippen molar-refractivity contribution in [3.05, 3.63) is 95.6 Å². The predicted molar refractivity (Wildman–Crippen MR) is 128 cm³/mol. The molecule has 1 aromatic heterocycles. The molecule has 0 bridgehead atoms. The molecule has 0 aliphatic carbocycles. The topological polar surface area (TPSA) is 65.5 Å². The van der Waals surface area contributed by atoms with E-state index in [1.54, 1.807) is 36.7 Å². The number of aromatic nitrogens is 1. The fourth-order valence-electron chi connectivity index (χ4n) is 5.07. The zero-order chi connectivity index (χ0) is 23.5. The van der Waals surface area contributed by atoms with Crippen LogP contribution in [0.5, 0.6) is 0 Å². The van der Waals surface area contributed by atoms with Gasteiger partial charge in [-0.15, -0.1) is 0 Å². The summed E-state index contributed by atoms with van der Waals surface area (Å²) in [6.45, 7) is 1.85. The monoisotopic (exact) mass is 458 g/mol. The lowest BCUT2D eigenvalue weighted by molar-refractivity contribution is -0.120.